The van der Waals surface area contributed by atoms with Gasteiger partial charge in [0, 0.05) is 24.4 Å². The summed E-state index contributed by atoms with van der Waals surface area (Å²) in [5.74, 6) is 1.34. The van der Waals surface area contributed by atoms with Crippen molar-refractivity contribution in [3.05, 3.63) is 23.6 Å². The predicted molar refractivity (Wildman–Crippen MR) is 82.4 cm³/mol. The quantitative estimate of drug-likeness (QED) is 0.791. The molecule has 2 heterocycles. The van der Waals surface area contributed by atoms with E-state index >= 15 is 0 Å². The van der Waals surface area contributed by atoms with Gasteiger partial charge < -0.3 is 14.4 Å². The zero-order chi connectivity index (χ0) is 15.5. The van der Waals surface area contributed by atoms with E-state index in [-0.39, 0.29) is 5.91 Å². The molecule has 0 aliphatic carbocycles. The van der Waals surface area contributed by atoms with Crippen LogP contribution in [0.3, 0.4) is 0 Å². The summed E-state index contributed by atoms with van der Waals surface area (Å²) >= 11 is 6.05. The molecule has 6 nitrogen and oxygen atoms in total. The van der Waals surface area contributed by atoms with Crippen LogP contribution in [0.4, 0.5) is 0 Å². The number of carbonyl (C=O) groups excluding carboxylic acids is 1. The summed E-state index contributed by atoms with van der Waals surface area (Å²) in [7, 11) is 1.57. The number of amides is 1. The Morgan fingerprint density at radius 1 is 1.32 bits per heavy atom. The Morgan fingerprint density at radius 2 is 2.18 bits per heavy atom. The third-order valence-electron chi connectivity index (χ3n) is 3.66. The first-order valence-electron chi connectivity index (χ1n) is 7.08. The van der Waals surface area contributed by atoms with Crippen molar-refractivity contribution >= 4 is 28.4 Å². The molecule has 1 aromatic heterocycles. The largest absolute Gasteiger partial charge is 0.493 e. The topological polar surface area (TPSA) is 64.6 Å². The maximum atomic E-state index is 11.6. The monoisotopic (exact) mass is 321 g/mol. The van der Waals surface area contributed by atoms with Gasteiger partial charge in [0.05, 0.1) is 19.2 Å². The average molecular weight is 322 g/mol. The van der Waals surface area contributed by atoms with E-state index in [1.165, 1.54) is 6.33 Å². The van der Waals surface area contributed by atoms with Gasteiger partial charge in [0.1, 0.15) is 18.1 Å². The second-order valence-electron chi connectivity index (χ2n) is 5.02. The molecule has 1 aliphatic heterocycles. The molecule has 2 aromatic rings. The fourth-order valence-electron chi connectivity index (χ4n) is 2.51. The first-order chi connectivity index (χ1) is 10.7. The normalized spacial score (nSPS) is 14.6. The summed E-state index contributed by atoms with van der Waals surface area (Å²) in [6.07, 6.45) is 2.96. The standard InChI is InChI=1S/C15H16ClN3O3/c1-21-12-7-10-11(17-9-18-15(10)16)8-13(12)22-6-5-19-4-2-3-14(19)20/h7-9H,2-6H2,1H3. The highest BCUT2D eigenvalue weighted by atomic mass is 35.5. The lowest BCUT2D eigenvalue weighted by Crippen LogP contribution is -2.29. The summed E-state index contributed by atoms with van der Waals surface area (Å²) in [6.45, 7) is 1.79. The molecule has 7 heteroatoms. The first-order valence-corrected chi connectivity index (χ1v) is 7.45. The van der Waals surface area contributed by atoms with E-state index in [9.17, 15) is 4.79 Å². The fraction of sp³-hybridized carbons (Fsp3) is 0.400. The molecular formula is C15H16ClN3O3. The molecular weight excluding hydrogens is 306 g/mol. The molecule has 0 atom stereocenters. The van der Waals surface area contributed by atoms with Crippen molar-refractivity contribution in [1.29, 1.82) is 0 Å². The molecule has 0 radical (unpaired) electrons. The summed E-state index contributed by atoms with van der Waals surface area (Å²) < 4.78 is 11.1. The van der Waals surface area contributed by atoms with Crippen molar-refractivity contribution in [3.8, 4) is 11.5 Å². The van der Waals surface area contributed by atoms with Crippen LogP contribution in [0.15, 0.2) is 18.5 Å². The van der Waals surface area contributed by atoms with Crippen LogP contribution in [0.25, 0.3) is 10.9 Å². The van der Waals surface area contributed by atoms with Crippen LogP contribution in [0.5, 0.6) is 11.5 Å². The number of hydrogen-bond donors (Lipinski definition) is 0. The molecule has 0 N–H and O–H groups in total. The molecule has 0 spiro atoms. The number of nitrogens with zero attached hydrogens (tertiary/aromatic N) is 3. The van der Waals surface area contributed by atoms with E-state index in [1.807, 2.05) is 4.90 Å². The second-order valence-corrected chi connectivity index (χ2v) is 5.38. The van der Waals surface area contributed by atoms with Crippen LogP contribution in [0.2, 0.25) is 5.15 Å². The van der Waals surface area contributed by atoms with E-state index in [1.54, 1.807) is 19.2 Å². The van der Waals surface area contributed by atoms with Crippen LogP contribution in [0, 0.1) is 0 Å². The highest BCUT2D eigenvalue weighted by Gasteiger charge is 2.19. The predicted octanol–water partition coefficient (Wildman–Crippen LogP) is 2.29. The number of fused-ring (bicyclic) bond motifs is 1. The maximum absolute atomic E-state index is 11.6. The number of aromatic nitrogens is 2. The molecule has 1 aliphatic rings. The van der Waals surface area contributed by atoms with Gasteiger partial charge in [-0.05, 0) is 12.5 Å². The minimum atomic E-state index is 0.189. The number of carbonyl (C=O) groups is 1. The molecule has 116 valence electrons. The van der Waals surface area contributed by atoms with E-state index in [4.69, 9.17) is 21.1 Å². The van der Waals surface area contributed by atoms with E-state index in [0.29, 0.717) is 47.1 Å². The van der Waals surface area contributed by atoms with Gasteiger partial charge in [0.15, 0.2) is 11.5 Å². The van der Waals surface area contributed by atoms with Crippen LogP contribution in [-0.2, 0) is 4.79 Å². The van der Waals surface area contributed by atoms with Crippen molar-refractivity contribution in [2.45, 2.75) is 12.8 Å². The average Bonchev–Trinajstić information content (AvgIpc) is 2.92. The number of halogens is 1. The Kier molecular flexibility index (Phi) is 4.29. The number of benzene rings is 1. The summed E-state index contributed by atoms with van der Waals surface area (Å²) in [4.78, 5) is 21.5. The highest BCUT2D eigenvalue weighted by molar-refractivity contribution is 6.34. The molecule has 0 unspecified atom stereocenters. The van der Waals surface area contributed by atoms with Crippen molar-refractivity contribution < 1.29 is 14.3 Å². The molecule has 1 fully saturated rings. The lowest BCUT2D eigenvalue weighted by atomic mass is 10.2. The fourth-order valence-corrected chi connectivity index (χ4v) is 2.71. The van der Waals surface area contributed by atoms with E-state index in [0.717, 1.165) is 13.0 Å². The molecule has 0 saturated carbocycles. The van der Waals surface area contributed by atoms with Gasteiger partial charge in [-0.3, -0.25) is 4.79 Å². The van der Waals surface area contributed by atoms with Gasteiger partial charge in [-0.2, -0.15) is 0 Å². The summed E-state index contributed by atoms with van der Waals surface area (Å²) in [6, 6.07) is 3.53. The molecule has 1 saturated heterocycles. The Labute approximate surface area is 133 Å². The van der Waals surface area contributed by atoms with Crippen LogP contribution in [-0.4, -0.2) is 47.6 Å². The molecule has 3 rings (SSSR count). The van der Waals surface area contributed by atoms with Crippen molar-refractivity contribution in [1.82, 2.24) is 14.9 Å². The molecule has 1 aromatic carbocycles. The number of hydrogen-bond acceptors (Lipinski definition) is 5. The Bertz CT molecular complexity index is 708. The summed E-state index contributed by atoms with van der Waals surface area (Å²) in [5, 5.41) is 1.08. The second kappa shape index (κ2) is 6.36. The van der Waals surface area contributed by atoms with Crippen molar-refractivity contribution in [2.75, 3.05) is 26.8 Å². The van der Waals surface area contributed by atoms with Crippen LogP contribution < -0.4 is 9.47 Å². The van der Waals surface area contributed by atoms with E-state index in [2.05, 4.69) is 9.97 Å². The van der Waals surface area contributed by atoms with Gasteiger partial charge in [-0.15, -0.1) is 0 Å². The zero-order valence-corrected chi connectivity index (χ0v) is 13.0. The molecule has 1 amide bonds. The van der Waals surface area contributed by atoms with Gasteiger partial charge in [0.25, 0.3) is 0 Å². The number of rotatable bonds is 5. The SMILES string of the molecule is COc1cc2c(Cl)ncnc2cc1OCCN1CCCC1=O. The van der Waals surface area contributed by atoms with Gasteiger partial charge in [-0.25, -0.2) is 9.97 Å². The van der Waals surface area contributed by atoms with Crippen LogP contribution in [0.1, 0.15) is 12.8 Å². The number of likely N-dealkylation sites (tertiary alicyclic amines) is 1. The Hall–Kier alpha value is -2.08. The minimum Gasteiger partial charge on any atom is -0.493 e. The van der Waals surface area contributed by atoms with Crippen molar-refractivity contribution in [3.63, 3.8) is 0 Å². The zero-order valence-electron chi connectivity index (χ0n) is 12.2. The van der Waals surface area contributed by atoms with Gasteiger partial charge in [0.2, 0.25) is 5.91 Å². The lowest BCUT2D eigenvalue weighted by molar-refractivity contribution is -0.128. The van der Waals surface area contributed by atoms with Crippen LogP contribution >= 0.6 is 11.6 Å². The smallest absolute Gasteiger partial charge is 0.222 e. The Balaban J connectivity index is 1.76. The number of ether oxygens (including phenoxy) is 2. The summed E-state index contributed by atoms with van der Waals surface area (Å²) in [5.41, 5.74) is 0.688. The Morgan fingerprint density at radius 3 is 2.91 bits per heavy atom. The van der Waals surface area contributed by atoms with Crippen molar-refractivity contribution in [2.24, 2.45) is 0 Å². The van der Waals surface area contributed by atoms with E-state index < -0.39 is 0 Å². The molecule has 22 heavy (non-hydrogen) atoms. The molecule has 0 bridgehead atoms. The first kappa shape index (κ1) is 14.8. The number of methoxy groups -OCH3 is 1. The minimum absolute atomic E-state index is 0.189. The maximum Gasteiger partial charge on any atom is 0.222 e. The third kappa shape index (κ3) is 2.92. The van der Waals surface area contributed by atoms with Gasteiger partial charge >= 0.3 is 0 Å². The third-order valence-corrected chi connectivity index (χ3v) is 3.96. The highest BCUT2D eigenvalue weighted by Crippen LogP contribution is 2.33. The van der Waals surface area contributed by atoms with Gasteiger partial charge in [-0.1, -0.05) is 11.6 Å². The lowest BCUT2D eigenvalue weighted by Gasteiger charge is -2.17.